The molecule has 0 saturated heterocycles. The molecule has 1 aromatic carbocycles. The Balaban J connectivity index is 2.62. The van der Waals surface area contributed by atoms with Crippen molar-refractivity contribution in [2.24, 2.45) is 5.92 Å². The van der Waals surface area contributed by atoms with Crippen LogP contribution in [0.15, 0.2) is 30.3 Å². The number of aliphatic hydroxyl groups is 1. The molecule has 104 valence electrons. The van der Waals surface area contributed by atoms with Crippen LogP contribution in [0.5, 0.6) is 5.75 Å². The Morgan fingerprint density at radius 2 is 2.21 bits per heavy atom. The maximum atomic E-state index is 11.7. The molecule has 0 fully saturated rings. The van der Waals surface area contributed by atoms with Crippen LogP contribution < -0.4 is 10.1 Å². The number of ether oxygens (including phenoxy) is 1. The van der Waals surface area contributed by atoms with Crippen LogP contribution in [0.3, 0.4) is 0 Å². The van der Waals surface area contributed by atoms with Gasteiger partial charge in [0, 0.05) is 6.08 Å². The van der Waals surface area contributed by atoms with Crippen LogP contribution in [0.25, 0.3) is 6.08 Å². The molecule has 0 saturated carbocycles. The van der Waals surface area contributed by atoms with Crippen molar-refractivity contribution in [1.82, 2.24) is 5.32 Å². The van der Waals surface area contributed by atoms with Gasteiger partial charge in [0.15, 0.2) is 0 Å². The van der Waals surface area contributed by atoms with Crippen molar-refractivity contribution in [3.05, 3.63) is 35.9 Å². The lowest BCUT2D eigenvalue weighted by Crippen LogP contribution is -2.40. The van der Waals surface area contributed by atoms with Crippen molar-refractivity contribution < 1.29 is 14.6 Å². The summed E-state index contributed by atoms with van der Waals surface area (Å²) in [6, 6.07) is 7.22. The fraction of sp³-hybridized carbons (Fsp3) is 0.400. The molecule has 1 amide bonds. The van der Waals surface area contributed by atoms with Crippen LogP contribution in [0.1, 0.15) is 19.4 Å². The molecule has 0 aliphatic rings. The van der Waals surface area contributed by atoms with E-state index in [4.69, 9.17) is 9.84 Å². The number of aliphatic hydroxyl groups excluding tert-OH is 1. The van der Waals surface area contributed by atoms with Gasteiger partial charge in [-0.25, -0.2) is 0 Å². The van der Waals surface area contributed by atoms with Gasteiger partial charge in [-0.3, -0.25) is 4.79 Å². The van der Waals surface area contributed by atoms with E-state index < -0.39 is 0 Å². The standard InChI is InChI=1S/C15H21NO3/c1-11(2)14(10-17)16-15(18)8-7-12-5-4-6-13(9-12)19-3/h4-9,11,14,17H,10H2,1-3H3,(H,16,18)/t14-/m1/s1. The minimum absolute atomic E-state index is 0.0591. The van der Waals surface area contributed by atoms with Crippen molar-refractivity contribution in [3.8, 4) is 5.75 Å². The first-order valence-corrected chi connectivity index (χ1v) is 6.30. The molecule has 1 rings (SSSR count). The quantitative estimate of drug-likeness (QED) is 0.770. The predicted molar refractivity (Wildman–Crippen MR) is 75.9 cm³/mol. The summed E-state index contributed by atoms with van der Waals surface area (Å²) in [5.74, 6) is 0.729. The lowest BCUT2D eigenvalue weighted by molar-refractivity contribution is -0.117. The van der Waals surface area contributed by atoms with E-state index in [0.717, 1.165) is 11.3 Å². The Kier molecular flexibility index (Phi) is 6.09. The predicted octanol–water partition coefficient (Wildman–Crippen LogP) is 1.84. The molecule has 1 aromatic rings. The van der Waals surface area contributed by atoms with Gasteiger partial charge in [-0.2, -0.15) is 0 Å². The largest absolute Gasteiger partial charge is 0.497 e. The number of rotatable bonds is 6. The SMILES string of the molecule is COc1cccc(C=CC(=O)N[C@H](CO)C(C)C)c1. The van der Waals surface area contributed by atoms with Crippen LogP contribution in [0, 0.1) is 5.92 Å². The molecule has 4 heteroatoms. The van der Waals surface area contributed by atoms with Crippen molar-refractivity contribution in [1.29, 1.82) is 0 Å². The number of hydrogen-bond acceptors (Lipinski definition) is 3. The molecule has 4 nitrogen and oxygen atoms in total. The smallest absolute Gasteiger partial charge is 0.244 e. The third kappa shape index (κ3) is 5.14. The van der Waals surface area contributed by atoms with Gasteiger partial charge in [0.25, 0.3) is 0 Å². The first-order chi connectivity index (χ1) is 9.06. The topological polar surface area (TPSA) is 58.6 Å². The molecular formula is C15H21NO3. The molecule has 1 atom stereocenters. The monoisotopic (exact) mass is 263 g/mol. The number of benzene rings is 1. The second-order valence-corrected chi connectivity index (χ2v) is 4.65. The normalized spacial score (nSPS) is 12.7. The molecule has 0 aromatic heterocycles. The third-order valence-corrected chi connectivity index (χ3v) is 2.85. The molecule has 0 heterocycles. The maximum absolute atomic E-state index is 11.7. The zero-order valence-corrected chi connectivity index (χ0v) is 11.6. The maximum Gasteiger partial charge on any atom is 0.244 e. The number of methoxy groups -OCH3 is 1. The van der Waals surface area contributed by atoms with E-state index in [9.17, 15) is 4.79 Å². The van der Waals surface area contributed by atoms with Gasteiger partial charge in [-0.05, 0) is 29.7 Å². The molecule has 0 unspecified atom stereocenters. The van der Waals surface area contributed by atoms with Gasteiger partial charge in [-0.1, -0.05) is 26.0 Å². The van der Waals surface area contributed by atoms with Crippen LogP contribution in [-0.2, 0) is 4.79 Å². The highest BCUT2D eigenvalue weighted by atomic mass is 16.5. The number of nitrogens with one attached hydrogen (secondary N) is 1. The van der Waals surface area contributed by atoms with Gasteiger partial charge in [0.05, 0.1) is 19.8 Å². The number of amides is 1. The van der Waals surface area contributed by atoms with E-state index in [1.807, 2.05) is 38.1 Å². The zero-order chi connectivity index (χ0) is 14.3. The van der Waals surface area contributed by atoms with E-state index in [2.05, 4.69) is 5.32 Å². The summed E-state index contributed by atoms with van der Waals surface area (Å²) in [5, 5.41) is 11.9. The molecule has 0 bridgehead atoms. The lowest BCUT2D eigenvalue weighted by Gasteiger charge is -2.18. The first-order valence-electron chi connectivity index (χ1n) is 6.30. The van der Waals surface area contributed by atoms with E-state index in [1.165, 1.54) is 6.08 Å². The Morgan fingerprint density at radius 1 is 1.47 bits per heavy atom. The Labute approximate surface area is 114 Å². The van der Waals surface area contributed by atoms with Crippen molar-refractivity contribution in [3.63, 3.8) is 0 Å². The highest BCUT2D eigenvalue weighted by molar-refractivity contribution is 5.91. The highest BCUT2D eigenvalue weighted by Gasteiger charge is 2.13. The second kappa shape index (κ2) is 7.59. The fourth-order valence-corrected chi connectivity index (χ4v) is 1.57. The molecule has 0 aliphatic carbocycles. The van der Waals surface area contributed by atoms with Crippen molar-refractivity contribution in [2.45, 2.75) is 19.9 Å². The highest BCUT2D eigenvalue weighted by Crippen LogP contribution is 2.13. The average molecular weight is 263 g/mol. The summed E-state index contributed by atoms with van der Waals surface area (Å²) < 4.78 is 5.11. The molecular weight excluding hydrogens is 242 g/mol. The first kappa shape index (κ1) is 15.2. The zero-order valence-electron chi connectivity index (χ0n) is 11.6. The minimum atomic E-state index is -0.220. The summed E-state index contributed by atoms with van der Waals surface area (Å²) in [4.78, 5) is 11.7. The summed E-state index contributed by atoms with van der Waals surface area (Å²) in [5.41, 5.74) is 0.889. The number of carbonyl (C=O) groups is 1. The van der Waals surface area contributed by atoms with Gasteiger partial charge in [0.1, 0.15) is 5.75 Å². The van der Waals surface area contributed by atoms with Gasteiger partial charge in [0.2, 0.25) is 5.91 Å². The van der Waals surface area contributed by atoms with E-state index >= 15 is 0 Å². The summed E-state index contributed by atoms with van der Waals surface area (Å²) in [7, 11) is 1.60. The molecule has 0 aliphatic heterocycles. The van der Waals surface area contributed by atoms with Crippen LogP contribution in [-0.4, -0.2) is 30.8 Å². The average Bonchev–Trinajstić information content (AvgIpc) is 2.42. The Bertz CT molecular complexity index is 441. The minimum Gasteiger partial charge on any atom is -0.497 e. The van der Waals surface area contributed by atoms with E-state index in [-0.39, 0.29) is 24.5 Å². The van der Waals surface area contributed by atoms with E-state index in [1.54, 1.807) is 13.2 Å². The molecule has 2 N–H and O–H groups in total. The van der Waals surface area contributed by atoms with Crippen LogP contribution in [0.4, 0.5) is 0 Å². The van der Waals surface area contributed by atoms with Gasteiger partial charge < -0.3 is 15.2 Å². The fourth-order valence-electron chi connectivity index (χ4n) is 1.57. The molecule has 19 heavy (non-hydrogen) atoms. The number of carbonyl (C=O) groups excluding carboxylic acids is 1. The Morgan fingerprint density at radius 3 is 2.79 bits per heavy atom. The molecule has 0 spiro atoms. The van der Waals surface area contributed by atoms with Gasteiger partial charge >= 0.3 is 0 Å². The summed E-state index contributed by atoms with van der Waals surface area (Å²) >= 11 is 0. The molecule has 0 radical (unpaired) electrons. The second-order valence-electron chi connectivity index (χ2n) is 4.65. The Hall–Kier alpha value is -1.81. The summed E-state index contributed by atoms with van der Waals surface area (Å²) in [6.07, 6.45) is 3.17. The van der Waals surface area contributed by atoms with Crippen molar-refractivity contribution in [2.75, 3.05) is 13.7 Å². The van der Waals surface area contributed by atoms with Gasteiger partial charge in [-0.15, -0.1) is 0 Å². The van der Waals surface area contributed by atoms with Crippen LogP contribution >= 0.6 is 0 Å². The van der Waals surface area contributed by atoms with E-state index in [0.29, 0.717) is 0 Å². The summed E-state index contributed by atoms with van der Waals surface area (Å²) in [6.45, 7) is 3.84. The van der Waals surface area contributed by atoms with Crippen LogP contribution in [0.2, 0.25) is 0 Å². The lowest BCUT2D eigenvalue weighted by atomic mass is 10.1. The van der Waals surface area contributed by atoms with Crippen molar-refractivity contribution >= 4 is 12.0 Å². The number of hydrogen-bond donors (Lipinski definition) is 2. The third-order valence-electron chi connectivity index (χ3n) is 2.85.